The molecule has 0 aliphatic heterocycles. The van der Waals surface area contributed by atoms with Gasteiger partial charge in [0.05, 0.1) is 6.54 Å². The Morgan fingerprint density at radius 1 is 1.60 bits per heavy atom. The summed E-state index contributed by atoms with van der Waals surface area (Å²) >= 11 is 0. The summed E-state index contributed by atoms with van der Waals surface area (Å²) in [5, 5.41) is 9.72. The van der Waals surface area contributed by atoms with Crippen LogP contribution in [0.15, 0.2) is 24.5 Å². The van der Waals surface area contributed by atoms with Crippen LogP contribution in [0.4, 0.5) is 4.79 Å². The Labute approximate surface area is 87.5 Å². The summed E-state index contributed by atoms with van der Waals surface area (Å²) in [6, 6.07) is 3.11. The van der Waals surface area contributed by atoms with E-state index in [1.54, 1.807) is 12.4 Å². The van der Waals surface area contributed by atoms with Gasteiger partial charge in [-0.1, -0.05) is 0 Å². The van der Waals surface area contributed by atoms with Crippen molar-refractivity contribution in [2.45, 2.75) is 12.3 Å². The van der Waals surface area contributed by atoms with Crippen molar-refractivity contribution in [2.24, 2.45) is 11.7 Å². The predicted octanol–water partition coefficient (Wildman–Crippen LogP) is 0.955. The van der Waals surface area contributed by atoms with Crippen molar-refractivity contribution in [3.8, 4) is 0 Å². The Morgan fingerprint density at radius 3 is 2.87 bits per heavy atom. The number of nitrogens with two attached hydrogens (primary N) is 1. The van der Waals surface area contributed by atoms with Crippen LogP contribution in [-0.2, 0) is 0 Å². The van der Waals surface area contributed by atoms with Crippen molar-refractivity contribution < 1.29 is 10.0 Å². The normalized spacial score (nSPS) is 23.5. The first-order chi connectivity index (χ1) is 7.18. The molecule has 0 spiro atoms. The molecular weight excluding hydrogens is 194 g/mol. The molecule has 1 aliphatic rings. The van der Waals surface area contributed by atoms with Crippen molar-refractivity contribution in [3.63, 3.8) is 0 Å². The molecule has 1 aromatic heterocycles. The highest BCUT2D eigenvalue weighted by Gasteiger charge is 2.39. The lowest BCUT2D eigenvalue weighted by Crippen LogP contribution is -2.34. The lowest BCUT2D eigenvalue weighted by Gasteiger charge is -2.10. The van der Waals surface area contributed by atoms with Gasteiger partial charge in [0.2, 0.25) is 0 Å². The van der Waals surface area contributed by atoms with Gasteiger partial charge in [0.15, 0.2) is 0 Å². The molecule has 1 aliphatic carbocycles. The number of carbonyl (C=O) groups is 1. The maximum atomic E-state index is 10.6. The topological polar surface area (TPSA) is 79.5 Å². The third-order valence-corrected chi connectivity index (χ3v) is 2.72. The number of pyridine rings is 1. The van der Waals surface area contributed by atoms with Gasteiger partial charge >= 0.3 is 6.03 Å². The molecule has 0 aromatic carbocycles. The molecule has 1 aromatic rings. The lowest BCUT2D eigenvalue weighted by atomic mass is 10.1. The zero-order valence-electron chi connectivity index (χ0n) is 8.21. The molecule has 2 unspecified atom stereocenters. The minimum Gasteiger partial charge on any atom is -0.350 e. The second-order valence-electron chi connectivity index (χ2n) is 3.80. The molecule has 0 radical (unpaired) electrons. The van der Waals surface area contributed by atoms with Gasteiger partial charge in [-0.15, -0.1) is 0 Å². The van der Waals surface area contributed by atoms with E-state index in [-0.39, 0.29) is 0 Å². The van der Waals surface area contributed by atoms with Crippen molar-refractivity contribution >= 4 is 6.03 Å². The maximum Gasteiger partial charge on any atom is 0.338 e. The van der Waals surface area contributed by atoms with Crippen molar-refractivity contribution in [1.82, 2.24) is 10.0 Å². The summed E-state index contributed by atoms with van der Waals surface area (Å²) in [4.78, 5) is 14.5. The Hall–Kier alpha value is -1.62. The molecule has 2 atom stereocenters. The quantitative estimate of drug-likeness (QED) is 0.572. The number of urea groups is 1. The molecule has 3 N–H and O–H groups in total. The van der Waals surface area contributed by atoms with Crippen molar-refractivity contribution in [3.05, 3.63) is 30.1 Å². The fourth-order valence-electron chi connectivity index (χ4n) is 1.78. The van der Waals surface area contributed by atoms with Gasteiger partial charge in [0, 0.05) is 12.4 Å². The molecule has 1 fully saturated rings. The molecule has 0 saturated heterocycles. The Bertz CT molecular complexity index is 355. The minimum absolute atomic E-state index is 0.308. The number of primary amides is 1. The van der Waals surface area contributed by atoms with Crippen LogP contribution in [0, 0.1) is 5.92 Å². The van der Waals surface area contributed by atoms with Crippen LogP contribution in [-0.4, -0.2) is 27.8 Å². The Morgan fingerprint density at radius 2 is 2.27 bits per heavy atom. The first-order valence-electron chi connectivity index (χ1n) is 4.84. The van der Waals surface area contributed by atoms with Gasteiger partial charge in [-0.25, -0.2) is 9.86 Å². The molecule has 2 amide bonds. The Kier molecular flexibility index (Phi) is 2.55. The van der Waals surface area contributed by atoms with Gasteiger partial charge < -0.3 is 5.73 Å². The summed E-state index contributed by atoms with van der Waals surface area (Å²) in [5.41, 5.74) is 6.12. The number of carbonyl (C=O) groups excluding carboxylic acids is 1. The summed E-state index contributed by atoms with van der Waals surface area (Å²) in [6.45, 7) is 0.308. The van der Waals surface area contributed by atoms with Crippen molar-refractivity contribution in [1.29, 1.82) is 0 Å². The molecule has 80 valence electrons. The van der Waals surface area contributed by atoms with Gasteiger partial charge in [0.25, 0.3) is 0 Å². The highest BCUT2D eigenvalue weighted by atomic mass is 16.5. The first kappa shape index (κ1) is 9.92. The van der Waals surface area contributed by atoms with E-state index in [0.29, 0.717) is 23.4 Å². The molecule has 2 rings (SSSR count). The zero-order chi connectivity index (χ0) is 10.8. The third kappa shape index (κ3) is 2.24. The highest BCUT2D eigenvalue weighted by Crippen LogP contribution is 2.47. The average molecular weight is 207 g/mol. The number of aromatic nitrogens is 1. The van der Waals surface area contributed by atoms with Crippen molar-refractivity contribution in [2.75, 3.05) is 6.54 Å². The fourth-order valence-corrected chi connectivity index (χ4v) is 1.78. The zero-order valence-corrected chi connectivity index (χ0v) is 8.21. The van der Waals surface area contributed by atoms with Gasteiger partial charge in [-0.05, 0) is 36.0 Å². The number of hydrogen-bond donors (Lipinski definition) is 2. The van der Waals surface area contributed by atoms with Crippen LogP contribution < -0.4 is 5.73 Å². The third-order valence-electron chi connectivity index (χ3n) is 2.72. The number of amides is 2. The monoisotopic (exact) mass is 207 g/mol. The van der Waals surface area contributed by atoms with E-state index >= 15 is 0 Å². The standard InChI is InChI=1S/C10H13N3O2/c11-10(14)13(15)6-8-5-9(8)7-1-3-12-4-2-7/h1-4,8-9,15H,5-6H2,(H2,11,14). The SMILES string of the molecule is NC(=O)N(O)CC1CC1c1ccncc1. The summed E-state index contributed by atoms with van der Waals surface area (Å²) in [6.07, 6.45) is 4.47. The van der Waals surface area contributed by atoms with Crippen LogP contribution in [0.3, 0.4) is 0 Å². The number of hydrogen-bond acceptors (Lipinski definition) is 3. The lowest BCUT2D eigenvalue weighted by molar-refractivity contribution is -0.0431. The molecular formula is C10H13N3O2. The number of rotatable bonds is 3. The Balaban J connectivity index is 1.89. The number of nitrogens with zero attached hydrogens (tertiary/aromatic N) is 2. The molecule has 15 heavy (non-hydrogen) atoms. The minimum atomic E-state index is -0.796. The van der Waals surface area contributed by atoms with E-state index in [1.165, 1.54) is 5.56 Å². The highest BCUT2D eigenvalue weighted by molar-refractivity contribution is 5.70. The predicted molar refractivity (Wildman–Crippen MR) is 53.2 cm³/mol. The van der Waals surface area contributed by atoms with Crippen LogP contribution >= 0.6 is 0 Å². The van der Waals surface area contributed by atoms with Crippen LogP contribution in [0.5, 0.6) is 0 Å². The molecule has 5 heteroatoms. The van der Waals surface area contributed by atoms with E-state index in [0.717, 1.165) is 6.42 Å². The second kappa shape index (κ2) is 3.86. The van der Waals surface area contributed by atoms with E-state index in [2.05, 4.69) is 4.98 Å². The van der Waals surface area contributed by atoms with Crippen LogP contribution in [0.2, 0.25) is 0 Å². The largest absolute Gasteiger partial charge is 0.350 e. The van der Waals surface area contributed by atoms with Gasteiger partial charge in [-0.2, -0.15) is 0 Å². The molecule has 5 nitrogen and oxygen atoms in total. The van der Waals surface area contributed by atoms with Gasteiger partial charge in [0.1, 0.15) is 0 Å². The average Bonchev–Trinajstić information content (AvgIpc) is 2.98. The van der Waals surface area contributed by atoms with E-state index in [4.69, 9.17) is 10.9 Å². The van der Waals surface area contributed by atoms with Gasteiger partial charge in [-0.3, -0.25) is 10.2 Å². The summed E-state index contributed by atoms with van der Waals surface area (Å²) < 4.78 is 0. The fraction of sp³-hybridized carbons (Fsp3) is 0.400. The van der Waals surface area contributed by atoms with Crippen LogP contribution in [0.25, 0.3) is 0 Å². The van der Waals surface area contributed by atoms with E-state index in [1.807, 2.05) is 12.1 Å². The molecule has 0 bridgehead atoms. The second-order valence-corrected chi connectivity index (χ2v) is 3.80. The molecule has 1 heterocycles. The smallest absolute Gasteiger partial charge is 0.338 e. The van der Waals surface area contributed by atoms with E-state index < -0.39 is 6.03 Å². The van der Waals surface area contributed by atoms with Crippen LogP contribution in [0.1, 0.15) is 17.9 Å². The first-order valence-corrected chi connectivity index (χ1v) is 4.84. The number of hydroxylamine groups is 2. The van der Waals surface area contributed by atoms with E-state index in [9.17, 15) is 4.79 Å². The molecule has 1 saturated carbocycles. The summed E-state index contributed by atoms with van der Waals surface area (Å²) in [7, 11) is 0. The summed E-state index contributed by atoms with van der Waals surface area (Å²) in [5.74, 6) is 0.729. The maximum absolute atomic E-state index is 10.6.